The van der Waals surface area contributed by atoms with Crippen LogP contribution in [0.25, 0.3) is 0 Å². The van der Waals surface area contributed by atoms with Gasteiger partial charge in [0.1, 0.15) is 0 Å². The van der Waals surface area contributed by atoms with Crippen molar-refractivity contribution in [3.63, 3.8) is 0 Å². The molecule has 1 aromatic heterocycles. The summed E-state index contributed by atoms with van der Waals surface area (Å²) >= 11 is 0. The van der Waals surface area contributed by atoms with E-state index in [0.29, 0.717) is 18.5 Å². The minimum absolute atomic E-state index is 0.00783. The van der Waals surface area contributed by atoms with Crippen LogP contribution in [-0.4, -0.2) is 54.2 Å². The predicted molar refractivity (Wildman–Crippen MR) is 86.6 cm³/mol. The zero-order chi connectivity index (χ0) is 15.9. The lowest BCUT2D eigenvalue weighted by Gasteiger charge is -2.14. The summed E-state index contributed by atoms with van der Waals surface area (Å²) in [5, 5.41) is 10.8. The molecular weight excluding hydrogens is 280 g/mol. The van der Waals surface area contributed by atoms with Crippen LogP contribution in [0.4, 0.5) is 0 Å². The Morgan fingerprint density at radius 3 is 2.77 bits per heavy atom. The zero-order valence-electron chi connectivity index (χ0n) is 13.7. The maximum absolute atomic E-state index is 11.6. The van der Waals surface area contributed by atoms with Gasteiger partial charge in [-0.25, -0.2) is 0 Å². The van der Waals surface area contributed by atoms with Crippen LogP contribution < -0.4 is 10.6 Å². The molecule has 0 spiro atoms. The smallest absolute Gasteiger partial charge is 0.241 e. The first-order valence-corrected chi connectivity index (χ1v) is 7.79. The van der Waals surface area contributed by atoms with Gasteiger partial charge in [-0.15, -0.1) is 0 Å². The van der Waals surface area contributed by atoms with Crippen LogP contribution in [0.5, 0.6) is 0 Å². The molecule has 0 atom stereocenters. The number of hydrogen-bond acceptors (Lipinski definition) is 3. The monoisotopic (exact) mass is 306 g/mol. The van der Waals surface area contributed by atoms with Gasteiger partial charge in [-0.2, -0.15) is 5.10 Å². The third-order valence-corrected chi connectivity index (χ3v) is 3.93. The average molecular weight is 306 g/mol. The molecule has 1 saturated carbocycles. The summed E-state index contributed by atoms with van der Waals surface area (Å²) in [4.78, 5) is 17.2. The first kappa shape index (κ1) is 16.3. The standard InChI is InChI=1S/C15H26N6O/c1-16-15(18-11-14(22)20(2)3)17-10-12-8-9-21(19-12)13-6-4-5-7-13/h8-9,13H,4-7,10-11H2,1-3H3,(H2,16,17,18). The van der Waals surface area contributed by atoms with Crippen LogP contribution in [0.3, 0.4) is 0 Å². The predicted octanol–water partition coefficient (Wildman–Crippen LogP) is 0.751. The molecule has 0 saturated heterocycles. The maximum Gasteiger partial charge on any atom is 0.241 e. The number of guanidine groups is 1. The summed E-state index contributed by atoms with van der Waals surface area (Å²) in [5.74, 6) is 0.610. The fraction of sp³-hybridized carbons (Fsp3) is 0.667. The number of aromatic nitrogens is 2. The number of hydrogen-bond donors (Lipinski definition) is 2. The SMILES string of the molecule is CN=C(NCC(=O)N(C)C)NCc1ccn(C2CCCC2)n1. The van der Waals surface area contributed by atoms with Crippen LogP contribution in [-0.2, 0) is 11.3 Å². The van der Waals surface area contributed by atoms with Crippen LogP contribution >= 0.6 is 0 Å². The minimum Gasteiger partial charge on any atom is -0.351 e. The number of rotatable bonds is 5. The Labute approximate surface area is 131 Å². The Balaban J connectivity index is 1.79. The Hall–Kier alpha value is -2.05. The molecular formula is C15H26N6O. The van der Waals surface area contributed by atoms with E-state index in [1.807, 2.05) is 6.07 Å². The number of amides is 1. The maximum atomic E-state index is 11.6. The van der Waals surface area contributed by atoms with Gasteiger partial charge in [0.05, 0.1) is 24.8 Å². The summed E-state index contributed by atoms with van der Waals surface area (Å²) in [6.07, 6.45) is 7.11. The van der Waals surface area contributed by atoms with Crippen molar-refractivity contribution in [2.24, 2.45) is 4.99 Å². The molecule has 7 heteroatoms. The molecule has 7 nitrogen and oxygen atoms in total. The van der Waals surface area contributed by atoms with E-state index >= 15 is 0 Å². The van der Waals surface area contributed by atoms with Gasteiger partial charge in [0, 0.05) is 27.3 Å². The van der Waals surface area contributed by atoms with Crippen LogP contribution in [0.2, 0.25) is 0 Å². The molecule has 1 heterocycles. The van der Waals surface area contributed by atoms with Crippen LogP contribution in [0.15, 0.2) is 17.3 Å². The van der Waals surface area contributed by atoms with Gasteiger partial charge in [-0.05, 0) is 18.9 Å². The zero-order valence-corrected chi connectivity index (χ0v) is 13.7. The highest BCUT2D eigenvalue weighted by molar-refractivity contribution is 5.86. The van der Waals surface area contributed by atoms with Gasteiger partial charge >= 0.3 is 0 Å². The lowest BCUT2D eigenvalue weighted by molar-refractivity contribution is -0.127. The second kappa shape index (κ2) is 7.82. The van der Waals surface area contributed by atoms with E-state index in [1.165, 1.54) is 25.7 Å². The Kier molecular flexibility index (Phi) is 5.80. The summed E-state index contributed by atoms with van der Waals surface area (Å²) in [5.41, 5.74) is 0.980. The van der Waals surface area contributed by atoms with E-state index < -0.39 is 0 Å². The topological polar surface area (TPSA) is 74.6 Å². The average Bonchev–Trinajstić information content (AvgIpc) is 3.17. The first-order valence-electron chi connectivity index (χ1n) is 7.79. The van der Waals surface area contributed by atoms with Gasteiger partial charge in [0.25, 0.3) is 0 Å². The molecule has 1 amide bonds. The summed E-state index contributed by atoms with van der Waals surface area (Å²) in [6.45, 7) is 0.818. The summed E-state index contributed by atoms with van der Waals surface area (Å²) in [7, 11) is 5.15. The molecule has 0 radical (unpaired) electrons. The highest BCUT2D eigenvalue weighted by Gasteiger charge is 2.17. The fourth-order valence-corrected chi connectivity index (χ4v) is 2.56. The number of likely N-dealkylation sites (N-methyl/N-ethyl adjacent to an activating group) is 1. The van der Waals surface area contributed by atoms with Gasteiger partial charge in [-0.3, -0.25) is 14.5 Å². The lowest BCUT2D eigenvalue weighted by atomic mass is 10.3. The number of nitrogens with zero attached hydrogens (tertiary/aromatic N) is 4. The van der Waals surface area contributed by atoms with E-state index in [-0.39, 0.29) is 12.5 Å². The Morgan fingerprint density at radius 1 is 1.41 bits per heavy atom. The minimum atomic E-state index is 0.00783. The van der Waals surface area contributed by atoms with Crippen LogP contribution in [0.1, 0.15) is 37.4 Å². The third-order valence-electron chi connectivity index (χ3n) is 3.93. The molecule has 0 bridgehead atoms. The number of carbonyl (C=O) groups is 1. The van der Waals surface area contributed by atoms with Crippen molar-refractivity contribution < 1.29 is 4.79 Å². The quantitative estimate of drug-likeness (QED) is 0.622. The third kappa shape index (κ3) is 4.47. The van der Waals surface area contributed by atoms with Gasteiger partial charge in [0.2, 0.25) is 5.91 Å². The molecule has 1 aliphatic carbocycles. The van der Waals surface area contributed by atoms with Gasteiger partial charge in [0.15, 0.2) is 5.96 Å². The second-order valence-electron chi connectivity index (χ2n) is 5.79. The number of aliphatic imine (C=N–C) groups is 1. The summed E-state index contributed by atoms with van der Waals surface area (Å²) < 4.78 is 2.08. The Bertz CT molecular complexity index is 516. The Morgan fingerprint density at radius 2 is 2.14 bits per heavy atom. The molecule has 2 N–H and O–H groups in total. The summed E-state index contributed by atoms with van der Waals surface area (Å²) in [6, 6.07) is 2.59. The van der Waals surface area contributed by atoms with E-state index in [4.69, 9.17) is 0 Å². The molecule has 1 aliphatic rings. The van der Waals surface area contributed by atoms with Crippen molar-refractivity contribution in [2.45, 2.75) is 38.3 Å². The van der Waals surface area contributed by atoms with E-state index in [1.54, 1.807) is 26.0 Å². The second-order valence-corrected chi connectivity index (χ2v) is 5.79. The molecule has 1 aromatic rings. The lowest BCUT2D eigenvalue weighted by Crippen LogP contribution is -2.42. The largest absolute Gasteiger partial charge is 0.351 e. The number of nitrogens with one attached hydrogen (secondary N) is 2. The van der Waals surface area contributed by atoms with E-state index in [0.717, 1.165) is 5.69 Å². The molecule has 22 heavy (non-hydrogen) atoms. The molecule has 0 aliphatic heterocycles. The van der Waals surface area contributed by atoms with E-state index in [2.05, 4.69) is 31.6 Å². The van der Waals surface area contributed by atoms with Crippen molar-refractivity contribution in [2.75, 3.05) is 27.7 Å². The fourth-order valence-electron chi connectivity index (χ4n) is 2.56. The molecule has 2 rings (SSSR count). The van der Waals surface area contributed by atoms with Gasteiger partial charge in [-0.1, -0.05) is 12.8 Å². The van der Waals surface area contributed by atoms with Crippen molar-refractivity contribution in [1.29, 1.82) is 0 Å². The van der Waals surface area contributed by atoms with Crippen molar-refractivity contribution in [1.82, 2.24) is 25.3 Å². The molecule has 0 unspecified atom stereocenters. The van der Waals surface area contributed by atoms with Crippen molar-refractivity contribution >= 4 is 11.9 Å². The highest BCUT2D eigenvalue weighted by Crippen LogP contribution is 2.28. The molecule has 122 valence electrons. The molecule has 0 aromatic carbocycles. The molecule has 1 fully saturated rings. The number of carbonyl (C=O) groups excluding carboxylic acids is 1. The van der Waals surface area contributed by atoms with E-state index in [9.17, 15) is 4.79 Å². The highest BCUT2D eigenvalue weighted by atomic mass is 16.2. The van der Waals surface area contributed by atoms with Crippen molar-refractivity contribution in [3.8, 4) is 0 Å². The first-order chi connectivity index (χ1) is 10.6. The van der Waals surface area contributed by atoms with Crippen molar-refractivity contribution in [3.05, 3.63) is 18.0 Å². The normalized spacial score (nSPS) is 15.9. The van der Waals surface area contributed by atoms with Crippen LogP contribution in [0, 0.1) is 0 Å². The van der Waals surface area contributed by atoms with Gasteiger partial charge < -0.3 is 15.5 Å².